The Bertz CT molecular complexity index is 1440. The molecule has 482 valence electrons. The van der Waals surface area contributed by atoms with Crippen LogP contribution in [0.2, 0.25) is 0 Å². The van der Waals surface area contributed by atoms with Crippen LogP contribution in [0.15, 0.2) is 36.5 Å². The number of allylic oxidation sites excluding steroid dienone is 6. The van der Waals surface area contributed by atoms with Crippen molar-refractivity contribution in [2.75, 3.05) is 47.5 Å². The molecular formula is C73H138NO8+. The van der Waals surface area contributed by atoms with Crippen LogP contribution in [-0.4, -0.2) is 87.4 Å². The van der Waals surface area contributed by atoms with Gasteiger partial charge in [0.25, 0.3) is 6.29 Å². The predicted octanol–water partition coefficient (Wildman–Crippen LogP) is 22.0. The van der Waals surface area contributed by atoms with Crippen molar-refractivity contribution in [1.82, 2.24) is 0 Å². The molecule has 0 aliphatic carbocycles. The number of nitrogens with zero attached hydrogens (tertiary/aromatic N) is 1. The summed E-state index contributed by atoms with van der Waals surface area (Å²) in [6, 6.07) is 0. The highest BCUT2D eigenvalue weighted by Crippen LogP contribution is 2.19. The predicted molar refractivity (Wildman–Crippen MR) is 351 cm³/mol. The van der Waals surface area contributed by atoms with E-state index < -0.39 is 18.4 Å². The van der Waals surface area contributed by atoms with E-state index in [1.165, 1.54) is 276 Å². The standard InChI is InChI=1S/C73H137NO8/c1-6-8-10-12-14-16-18-20-22-24-26-28-30-32-34-36-38-40-42-44-46-48-50-52-54-56-58-60-62-64-71(76)82-69(68-81-73(72(77)78)79-66-65-74(3,4)5)67-80-70(75)63-61-59-57-55-53-51-49-47-45-43-41-39-37-35-33-31-29-27-25-23-21-19-17-15-13-11-9-7-2/h18,20,24,26,30,32,69,73H,6-17,19,21-23,25,27-29,31,33-68H2,1-5H3/p+1/b20-18-,26-24-,32-30-. The van der Waals surface area contributed by atoms with Gasteiger partial charge in [-0.1, -0.05) is 326 Å². The first-order chi connectivity index (χ1) is 40.1. The quantitative estimate of drug-likeness (QED) is 0.0211. The third kappa shape index (κ3) is 65.1. The molecule has 0 aliphatic heterocycles. The molecule has 0 fully saturated rings. The first-order valence-corrected chi connectivity index (χ1v) is 35.7. The lowest BCUT2D eigenvalue weighted by Gasteiger charge is -2.25. The van der Waals surface area contributed by atoms with Gasteiger partial charge < -0.3 is 28.5 Å². The lowest BCUT2D eigenvalue weighted by atomic mass is 10.0. The fraction of sp³-hybridized carbons (Fsp3) is 0.877. The zero-order valence-electron chi connectivity index (χ0n) is 55.2. The Morgan fingerprint density at radius 3 is 0.976 bits per heavy atom. The van der Waals surface area contributed by atoms with Gasteiger partial charge in [-0.15, -0.1) is 0 Å². The molecule has 0 rings (SSSR count). The van der Waals surface area contributed by atoms with E-state index in [1.54, 1.807) is 0 Å². The molecule has 0 saturated heterocycles. The van der Waals surface area contributed by atoms with E-state index in [0.29, 0.717) is 17.4 Å². The van der Waals surface area contributed by atoms with Crippen LogP contribution in [0, 0.1) is 0 Å². The summed E-state index contributed by atoms with van der Waals surface area (Å²) in [7, 11) is 5.99. The van der Waals surface area contributed by atoms with Gasteiger partial charge in [-0.25, -0.2) is 4.79 Å². The summed E-state index contributed by atoms with van der Waals surface area (Å²) in [6.07, 6.45) is 78.3. The van der Waals surface area contributed by atoms with Crippen molar-refractivity contribution in [2.24, 2.45) is 0 Å². The van der Waals surface area contributed by atoms with E-state index >= 15 is 0 Å². The molecular weight excluding hydrogens is 1020 g/mol. The molecule has 0 bridgehead atoms. The SMILES string of the molecule is CCCCCCC/C=C\C/C=C\C/C=C\CCCCCCCCCCCCCCCCC(=O)OC(COC(=O)CCCCCCCCCCCCCCCCCCCCCCCCCCCCCC)COC(OCC[N+](C)(C)C)C(=O)O. The second kappa shape index (κ2) is 64.5. The molecule has 0 heterocycles. The van der Waals surface area contributed by atoms with Crippen molar-refractivity contribution in [3.8, 4) is 0 Å². The summed E-state index contributed by atoms with van der Waals surface area (Å²) >= 11 is 0. The van der Waals surface area contributed by atoms with Gasteiger partial charge in [-0.2, -0.15) is 0 Å². The molecule has 0 aromatic carbocycles. The number of aliphatic carboxylic acids is 1. The lowest BCUT2D eigenvalue weighted by molar-refractivity contribution is -0.870. The molecule has 1 N–H and O–H groups in total. The van der Waals surface area contributed by atoms with Crippen LogP contribution in [0.4, 0.5) is 0 Å². The number of ether oxygens (including phenoxy) is 4. The van der Waals surface area contributed by atoms with Crippen LogP contribution in [0.1, 0.15) is 354 Å². The molecule has 82 heavy (non-hydrogen) atoms. The van der Waals surface area contributed by atoms with Gasteiger partial charge in [0.05, 0.1) is 34.4 Å². The zero-order chi connectivity index (χ0) is 59.8. The van der Waals surface area contributed by atoms with Crippen molar-refractivity contribution in [2.45, 2.75) is 367 Å². The molecule has 9 nitrogen and oxygen atoms in total. The van der Waals surface area contributed by atoms with Gasteiger partial charge >= 0.3 is 17.9 Å². The highest BCUT2D eigenvalue weighted by molar-refractivity contribution is 5.71. The zero-order valence-corrected chi connectivity index (χ0v) is 55.2. The fourth-order valence-electron chi connectivity index (χ4n) is 10.7. The average molecular weight is 1160 g/mol. The highest BCUT2D eigenvalue weighted by atomic mass is 16.7. The molecule has 0 aliphatic rings. The number of carboxylic acid groups (broad SMARTS) is 1. The first kappa shape index (κ1) is 79.5. The molecule has 0 amide bonds. The van der Waals surface area contributed by atoms with E-state index in [-0.39, 0.29) is 38.2 Å². The molecule has 2 atom stereocenters. The largest absolute Gasteiger partial charge is 0.477 e. The second-order valence-electron chi connectivity index (χ2n) is 25.6. The summed E-state index contributed by atoms with van der Waals surface area (Å²) < 4.78 is 23.0. The van der Waals surface area contributed by atoms with Crippen molar-refractivity contribution in [1.29, 1.82) is 0 Å². The Kier molecular flexibility index (Phi) is 62.5. The van der Waals surface area contributed by atoms with E-state index in [2.05, 4.69) is 50.3 Å². The van der Waals surface area contributed by atoms with E-state index in [4.69, 9.17) is 18.9 Å². The number of esters is 2. The summed E-state index contributed by atoms with van der Waals surface area (Å²) in [5.41, 5.74) is 0. The maximum absolute atomic E-state index is 12.9. The number of likely N-dealkylation sites (N-methyl/N-ethyl adjacent to an activating group) is 1. The number of quaternary nitrogens is 1. The van der Waals surface area contributed by atoms with Crippen molar-refractivity contribution >= 4 is 17.9 Å². The van der Waals surface area contributed by atoms with E-state index in [1.807, 2.05) is 21.1 Å². The number of carbonyl (C=O) groups excluding carboxylic acids is 2. The fourth-order valence-corrected chi connectivity index (χ4v) is 10.7. The minimum Gasteiger partial charge on any atom is -0.477 e. The van der Waals surface area contributed by atoms with E-state index in [9.17, 15) is 19.5 Å². The second-order valence-corrected chi connectivity index (χ2v) is 25.6. The summed E-state index contributed by atoms with van der Waals surface area (Å²) in [6.45, 7) is 4.93. The van der Waals surface area contributed by atoms with Crippen molar-refractivity contribution in [3.05, 3.63) is 36.5 Å². The molecule has 0 aromatic rings. The number of unbranched alkanes of at least 4 members (excludes halogenated alkanes) is 46. The monoisotopic (exact) mass is 1160 g/mol. The smallest absolute Gasteiger partial charge is 0.361 e. The maximum Gasteiger partial charge on any atom is 0.361 e. The Labute approximate surface area is 509 Å². The summed E-state index contributed by atoms with van der Waals surface area (Å²) in [5.74, 6) is -1.98. The van der Waals surface area contributed by atoms with Crippen LogP contribution in [0.3, 0.4) is 0 Å². The van der Waals surface area contributed by atoms with Gasteiger partial charge in [0.1, 0.15) is 13.2 Å². The van der Waals surface area contributed by atoms with Crippen LogP contribution in [0.25, 0.3) is 0 Å². The Morgan fingerprint density at radius 2 is 0.659 bits per heavy atom. The number of carboxylic acids is 1. The third-order valence-corrected chi connectivity index (χ3v) is 16.1. The number of hydrogen-bond acceptors (Lipinski definition) is 7. The molecule has 2 unspecified atom stereocenters. The Hall–Kier alpha value is -2.49. The van der Waals surface area contributed by atoms with Crippen LogP contribution < -0.4 is 0 Å². The van der Waals surface area contributed by atoms with Crippen molar-refractivity contribution < 1.29 is 42.9 Å². The van der Waals surface area contributed by atoms with Gasteiger partial charge in [-0.3, -0.25) is 9.59 Å². The molecule has 9 heteroatoms. The summed E-state index contributed by atoms with van der Waals surface area (Å²) in [5, 5.41) is 9.75. The topological polar surface area (TPSA) is 108 Å². The van der Waals surface area contributed by atoms with Crippen molar-refractivity contribution in [3.63, 3.8) is 0 Å². The average Bonchev–Trinajstić information content (AvgIpc) is 3.47. The van der Waals surface area contributed by atoms with Gasteiger partial charge in [0.2, 0.25) is 0 Å². The van der Waals surface area contributed by atoms with Gasteiger partial charge in [0.15, 0.2) is 6.10 Å². The molecule has 0 spiro atoms. The molecule has 0 saturated carbocycles. The normalized spacial score (nSPS) is 12.8. The van der Waals surface area contributed by atoms with Gasteiger partial charge in [-0.05, 0) is 51.4 Å². The molecule has 0 aromatic heterocycles. The molecule has 0 radical (unpaired) electrons. The summed E-state index contributed by atoms with van der Waals surface area (Å²) in [4.78, 5) is 37.6. The van der Waals surface area contributed by atoms with Crippen LogP contribution in [-0.2, 0) is 33.3 Å². The van der Waals surface area contributed by atoms with E-state index in [0.717, 1.165) is 51.4 Å². The highest BCUT2D eigenvalue weighted by Gasteiger charge is 2.25. The van der Waals surface area contributed by atoms with Crippen LogP contribution in [0.5, 0.6) is 0 Å². The minimum atomic E-state index is -1.51. The Morgan fingerprint density at radius 1 is 0.366 bits per heavy atom. The Balaban J connectivity index is 4.07. The van der Waals surface area contributed by atoms with Gasteiger partial charge in [0, 0.05) is 12.8 Å². The lowest BCUT2D eigenvalue weighted by Crippen LogP contribution is -2.40. The number of rotatable bonds is 67. The third-order valence-electron chi connectivity index (χ3n) is 16.1. The maximum atomic E-state index is 12.9. The first-order valence-electron chi connectivity index (χ1n) is 35.7. The number of hydrogen-bond donors (Lipinski definition) is 1. The number of carbonyl (C=O) groups is 3. The van der Waals surface area contributed by atoms with Crippen LogP contribution >= 0.6 is 0 Å². The minimum absolute atomic E-state index is 0.177.